The first-order chi connectivity index (χ1) is 8.20. The number of rotatable bonds is 5. The fraction of sp³-hybridized carbons (Fsp3) is 0.455. The molecule has 0 saturated carbocycles. The number of thiophene rings is 1. The average molecular weight is 272 g/mol. The Balaban J connectivity index is 2.19. The van der Waals surface area contributed by atoms with E-state index in [1.54, 1.807) is 11.3 Å². The van der Waals surface area contributed by atoms with Crippen LogP contribution in [-0.4, -0.2) is 29.7 Å². The number of aromatic nitrogens is 2. The van der Waals surface area contributed by atoms with Crippen LogP contribution in [-0.2, 0) is 4.74 Å². The zero-order valence-corrected chi connectivity index (χ0v) is 11.4. The topological polar surface area (TPSA) is 47.0 Å². The van der Waals surface area contributed by atoms with Crippen molar-refractivity contribution < 1.29 is 4.74 Å². The molecular weight excluding hydrogens is 258 g/mol. The summed E-state index contributed by atoms with van der Waals surface area (Å²) in [7, 11) is 0. The lowest BCUT2D eigenvalue weighted by molar-refractivity contribution is 0.158. The van der Waals surface area contributed by atoms with Gasteiger partial charge in [0.1, 0.15) is 10.6 Å². The largest absolute Gasteiger partial charge is 0.380 e. The Morgan fingerprint density at radius 2 is 2.29 bits per heavy atom. The molecular formula is C11H14ClN3OS. The highest BCUT2D eigenvalue weighted by Crippen LogP contribution is 2.29. The highest BCUT2D eigenvalue weighted by molar-refractivity contribution is 7.18. The number of nitrogens with zero attached hydrogens (tertiary/aromatic N) is 2. The van der Waals surface area contributed by atoms with Gasteiger partial charge >= 0.3 is 0 Å². The summed E-state index contributed by atoms with van der Waals surface area (Å²) in [5.74, 6) is 0.782. The van der Waals surface area contributed by atoms with Crippen molar-refractivity contribution in [2.75, 3.05) is 25.1 Å². The van der Waals surface area contributed by atoms with Crippen molar-refractivity contribution in [1.29, 1.82) is 0 Å². The van der Waals surface area contributed by atoms with E-state index in [1.807, 2.05) is 13.8 Å². The van der Waals surface area contributed by atoms with Crippen molar-refractivity contribution in [3.8, 4) is 0 Å². The minimum atomic E-state index is 0.276. The standard InChI is InChI=1S/C11H14ClN3OS/c1-3-16-5-4-13-9-8-6-7(2)17-10(8)15-11(12)14-9/h6H,3-5H2,1-2H3,(H,13,14,15). The van der Waals surface area contributed by atoms with Crippen LogP contribution in [0.3, 0.4) is 0 Å². The molecule has 2 aromatic heterocycles. The maximum absolute atomic E-state index is 5.89. The molecule has 2 heterocycles. The predicted molar refractivity (Wildman–Crippen MR) is 72.1 cm³/mol. The smallest absolute Gasteiger partial charge is 0.225 e. The molecule has 0 radical (unpaired) electrons. The quantitative estimate of drug-likeness (QED) is 0.671. The molecule has 17 heavy (non-hydrogen) atoms. The first-order valence-electron chi connectivity index (χ1n) is 5.46. The summed E-state index contributed by atoms with van der Waals surface area (Å²) in [5.41, 5.74) is 0. The number of hydrogen-bond acceptors (Lipinski definition) is 5. The summed E-state index contributed by atoms with van der Waals surface area (Å²) < 4.78 is 5.27. The Morgan fingerprint density at radius 3 is 3.06 bits per heavy atom. The average Bonchev–Trinajstić information content (AvgIpc) is 2.64. The lowest BCUT2D eigenvalue weighted by Crippen LogP contribution is -2.10. The van der Waals surface area contributed by atoms with Crippen LogP contribution >= 0.6 is 22.9 Å². The summed E-state index contributed by atoms with van der Waals surface area (Å²) in [4.78, 5) is 10.5. The number of anilines is 1. The third-order valence-corrected chi connectivity index (χ3v) is 3.35. The Labute approximate surface area is 109 Å². The number of halogens is 1. The number of aryl methyl sites for hydroxylation is 1. The molecule has 0 aliphatic carbocycles. The minimum Gasteiger partial charge on any atom is -0.380 e. The van der Waals surface area contributed by atoms with Crippen LogP contribution in [0.5, 0.6) is 0 Å². The van der Waals surface area contributed by atoms with Crippen LogP contribution in [0.1, 0.15) is 11.8 Å². The highest BCUT2D eigenvalue weighted by Gasteiger charge is 2.08. The van der Waals surface area contributed by atoms with Crippen LogP contribution < -0.4 is 5.32 Å². The van der Waals surface area contributed by atoms with E-state index in [1.165, 1.54) is 4.88 Å². The zero-order chi connectivity index (χ0) is 12.3. The third-order valence-electron chi connectivity index (χ3n) is 2.23. The Kier molecular flexibility index (Phi) is 4.15. The van der Waals surface area contributed by atoms with E-state index in [0.717, 1.165) is 22.6 Å². The van der Waals surface area contributed by atoms with E-state index < -0.39 is 0 Å². The van der Waals surface area contributed by atoms with E-state index in [4.69, 9.17) is 16.3 Å². The fourth-order valence-corrected chi connectivity index (χ4v) is 2.64. The molecule has 2 rings (SSSR count). The number of fused-ring (bicyclic) bond motifs is 1. The fourth-order valence-electron chi connectivity index (χ4n) is 1.54. The molecule has 0 fully saturated rings. The summed E-state index contributed by atoms with van der Waals surface area (Å²) in [6.07, 6.45) is 0. The molecule has 0 atom stereocenters. The lowest BCUT2D eigenvalue weighted by atomic mass is 10.3. The molecule has 1 N–H and O–H groups in total. The van der Waals surface area contributed by atoms with E-state index in [0.29, 0.717) is 13.2 Å². The molecule has 2 aromatic rings. The lowest BCUT2D eigenvalue weighted by Gasteiger charge is -2.06. The second-order valence-corrected chi connectivity index (χ2v) is 5.11. The van der Waals surface area contributed by atoms with Crippen molar-refractivity contribution in [2.24, 2.45) is 0 Å². The molecule has 92 valence electrons. The van der Waals surface area contributed by atoms with Gasteiger partial charge in [-0.3, -0.25) is 0 Å². The summed E-state index contributed by atoms with van der Waals surface area (Å²) in [6, 6.07) is 2.07. The molecule has 6 heteroatoms. The third kappa shape index (κ3) is 3.06. The first kappa shape index (κ1) is 12.5. The Bertz CT molecular complexity index is 515. The van der Waals surface area contributed by atoms with Gasteiger partial charge in [-0.05, 0) is 31.5 Å². The molecule has 0 unspecified atom stereocenters. The number of ether oxygens (including phenoxy) is 1. The van der Waals surface area contributed by atoms with Gasteiger partial charge in [0.25, 0.3) is 0 Å². The van der Waals surface area contributed by atoms with Crippen molar-refractivity contribution in [2.45, 2.75) is 13.8 Å². The van der Waals surface area contributed by atoms with Crippen LogP contribution in [0.25, 0.3) is 10.2 Å². The Hall–Kier alpha value is -0.910. The number of nitrogens with one attached hydrogen (secondary N) is 1. The number of hydrogen-bond donors (Lipinski definition) is 1. The zero-order valence-electron chi connectivity index (χ0n) is 9.79. The molecule has 0 aliphatic heterocycles. The molecule has 0 aliphatic rings. The van der Waals surface area contributed by atoms with E-state index >= 15 is 0 Å². The maximum atomic E-state index is 5.89. The molecule has 4 nitrogen and oxygen atoms in total. The van der Waals surface area contributed by atoms with Gasteiger partial charge in [-0.25, -0.2) is 9.97 Å². The SMILES string of the molecule is CCOCCNc1nc(Cl)nc2sc(C)cc12. The van der Waals surface area contributed by atoms with Gasteiger partial charge in [0.15, 0.2) is 0 Å². The van der Waals surface area contributed by atoms with Gasteiger partial charge in [0, 0.05) is 18.0 Å². The van der Waals surface area contributed by atoms with Gasteiger partial charge in [-0.2, -0.15) is 0 Å². The van der Waals surface area contributed by atoms with Crippen molar-refractivity contribution in [1.82, 2.24) is 9.97 Å². The molecule has 0 aromatic carbocycles. The summed E-state index contributed by atoms with van der Waals surface area (Å²) in [6.45, 7) is 6.11. The van der Waals surface area contributed by atoms with Crippen LogP contribution in [0.15, 0.2) is 6.07 Å². The van der Waals surface area contributed by atoms with Crippen LogP contribution in [0, 0.1) is 6.92 Å². The molecule has 0 amide bonds. The van der Waals surface area contributed by atoms with Gasteiger partial charge in [-0.1, -0.05) is 0 Å². The van der Waals surface area contributed by atoms with Gasteiger partial charge in [-0.15, -0.1) is 11.3 Å². The van der Waals surface area contributed by atoms with E-state index in [9.17, 15) is 0 Å². The van der Waals surface area contributed by atoms with Gasteiger partial charge in [0.2, 0.25) is 5.28 Å². The monoisotopic (exact) mass is 271 g/mol. The second-order valence-electron chi connectivity index (χ2n) is 3.54. The van der Waals surface area contributed by atoms with Crippen LogP contribution in [0.2, 0.25) is 5.28 Å². The second kappa shape index (κ2) is 5.62. The van der Waals surface area contributed by atoms with E-state index in [2.05, 4.69) is 21.4 Å². The van der Waals surface area contributed by atoms with Crippen molar-refractivity contribution in [3.63, 3.8) is 0 Å². The highest BCUT2D eigenvalue weighted by atomic mass is 35.5. The summed E-state index contributed by atoms with van der Waals surface area (Å²) >= 11 is 7.50. The van der Waals surface area contributed by atoms with Crippen molar-refractivity contribution >= 4 is 39.0 Å². The molecule has 0 spiro atoms. The van der Waals surface area contributed by atoms with Gasteiger partial charge in [0.05, 0.1) is 12.0 Å². The normalized spacial score (nSPS) is 11.0. The predicted octanol–water partition coefficient (Wildman–Crippen LogP) is 3.10. The Morgan fingerprint density at radius 1 is 1.47 bits per heavy atom. The van der Waals surface area contributed by atoms with E-state index in [-0.39, 0.29) is 5.28 Å². The molecule has 0 saturated heterocycles. The summed E-state index contributed by atoms with van der Waals surface area (Å²) in [5, 5.41) is 4.52. The van der Waals surface area contributed by atoms with Gasteiger partial charge < -0.3 is 10.1 Å². The van der Waals surface area contributed by atoms with Crippen molar-refractivity contribution in [3.05, 3.63) is 16.2 Å². The molecule has 0 bridgehead atoms. The maximum Gasteiger partial charge on any atom is 0.225 e. The minimum absolute atomic E-state index is 0.276. The van der Waals surface area contributed by atoms with Crippen LogP contribution in [0.4, 0.5) is 5.82 Å². The first-order valence-corrected chi connectivity index (χ1v) is 6.65.